The van der Waals surface area contributed by atoms with Crippen LogP contribution in [0.3, 0.4) is 0 Å². The number of rotatable bonds is 6. The number of carbonyl (C=O) groups is 1. The van der Waals surface area contributed by atoms with E-state index in [-0.39, 0.29) is 11.8 Å². The number of aromatic nitrogens is 1. The van der Waals surface area contributed by atoms with Crippen molar-refractivity contribution in [2.24, 2.45) is 0 Å². The minimum absolute atomic E-state index is 0.318. The van der Waals surface area contributed by atoms with Crippen LogP contribution in [-0.2, 0) is 12.8 Å². The minimum Gasteiger partial charge on any atom is -0.370 e. The van der Waals surface area contributed by atoms with Gasteiger partial charge in [0.1, 0.15) is 11.6 Å². The lowest BCUT2D eigenvalue weighted by molar-refractivity contribution is 0.252. The van der Waals surface area contributed by atoms with Gasteiger partial charge in [0.05, 0.1) is 0 Å². The van der Waals surface area contributed by atoms with Gasteiger partial charge in [0.25, 0.3) is 0 Å². The Kier molecular flexibility index (Phi) is 5.82. The molecule has 2 amide bonds. The fraction of sp³-hybridized carbons (Fsp3) is 0.368. The standard InChI is InChI=1S/C19H23FN4O/c20-15-6-3-8-17(13-15)24-19(25)22-11-2-1-7-16-10-9-14-5-4-12-21-18(14)23-16/h3,6,8-10,13H,1-2,4-5,7,11-12H2,(H,21,23)(H2,22,24,25). The van der Waals surface area contributed by atoms with Gasteiger partial charge in [0.15, 0.2) is 0 Å². The van der Waals surface area contributed by atoms with E-state index in [1.54, 1.807) is 12.1 Å². The van der Waals surface area contributed by atoms with Crippen LogP contribution in [0.4, 0.5) is 20.7 Å². The highest BCUT2D eigenvalue weighted by Crippen LogP contribution is 2.20. The molecular formula is C19H23FN4O. The van der Waals surface area contributed by atoms with Crippen LogP contribution in [0.1, 0.15) is 30.5 Å². The smallest absolute Gasteiger partial charge is 0.319 e. The van der Waals surface area contributed by atoms with Gasteiger partial charge in [-0.2, -0.15) is 0 Å². The van der Waals surface area contributed by atoms with Gasteiger partial charge in [-0.05, 0) is 61.9 Å². The first-order valence-electron chi connectivity index (χ1n) is 8.74. The second kappa shape index (κ2) is 8.46. The second-order valence-corrected chi connectivity index (χ2v) is 6.19. The molecule has 3 rings (SSSR count). The van der Waals surface area contributed by atoms with E-state index in [9.17, 15) is 9.18 Å². The van der Waals surface area contributed by atoms with Gasteiger partial charge in [-0.1, -0.05) is 12.1 Å². The number of urea groups is 1. The van der Waals surface area contributed by atoms with Crippen LogP contribution in [0, 0.1) is 5.82 Å². The molecule has 3 N–H and O–H groups in total. The van der Waals surface area contributed by atoms with E-state index < -0.39 is 0 Å². The van der Waals surface area contributed by atoms with Gasteiger partial charge in [-0.3, -0.25) is 0 Å². The van der Waals surface area contributed by atoms with Gasteiger partial charge in [0, 0.05) is 24.5 Å². The number of halogens is 1. The zero-order valence-corrected chi connectivity index (χ0v) is 14.1. The molecule has 25 heavy (non-hydrogen) atoms. The predicted octanol–water partition coefficient (Wildman–Crippen LogP) is 3.72. The van der Waals surface area contributed by atoms with Crippen LogP contribution in [0.15, 0.2) is 36.4 Å². The zero-order valence-electron chi connectivity index (χ0n) is 14.1. The maximum absolute atomic E-state index is 13.1. The summed E-state index contributed by atoms with van der Waals surface area (Å²) in [5.41, 5.74) is 2.83. The first-order chi connectivity index (χ1) is 12.2. The maximum atomic E-state index is 13.1. The lowest BCUT2D eigenvalue weighted by Gasteiger charge is -2.17. The van der Waals surface area contributed by atoms with E-state index in [1.807, 2.05) is 0 Å². The number of carbonyl (C=O) groups excluding carboxylic acids is 1. The fourth-order valence-corrected chi connectivity index (χ4v) is 2.88. The minimum atomic E-state index is -0.371. The third kappa shape index (κ3) is 5.17. The molecule has 2 aromatic rings. The van der Waals surface area contributed by atoms with Crippen LogP contribution in [-0.4, -0.2) is 24.1 Å². The molecule has 1 aromatic carbocycles. The number of fused-ring (bicyclic) bond motifs is 1. The summed E-state index contributed by atoms with van der Waals surface area (Å²) in [5, 5.41) is 8.74. The van der Waals surface area contributed by atoms with E-state index in [2.05, 4.69) is 33.1 Å². The van der Waals surface area contributed by atoms with Crippen molar-refractivity contribution in [2.45, 2.75) is 32.1 Å². The predicted molar refractivity (Wildman–Crippen MR) is 97.4 cm³/mol. The molecule has 1 aromatic heterocycles. The lowest BCUT2D eigenvalue weighted by Crippen LogP contribution is -2.29. The number of anilines is 2. The molecule has 0 fully saturated rings. The normalized spacial score (nSPS) is 12.8. The number of unbranched alkanes of at least 4 members (excludes halogenated alkanes) is 1. The van der Waals surface area contributed by atoms with Crippen molar-refractivity contribution in [3.63, 3.8) is 0 Å². The summed E-state index contributed by atoms with van der Waals surface area (Å²) in [6, 6.07) is 9.78. The Morgan fingerprint density at radius 2 is 2.16 bits per heavy atom. The molecule has 0 spiro atoms. The molecule has 0 saturated carbocycles. The van der Waals surface area contributed by atoms with Gasteiger partial charge in [-0.25, -0.2) is 14.2 Å². The average molecular weight is 342 g/mol. The molecule has 1 aliphatic heterocycles. The first kappa shape index (κ1) is 17.2. The zero-order chi connectivity index (χ0) is 17.5. The summed E-state index contributed by atoms with van der Waals surface area (Å²) in [6.45, 7) is 1.57. The largest absolute Gasteiger partial charge is 0.370 e. The monoisotopic (exact) mass is 342 g/mol. The molecule has 1 aliphatic rings. The molecule has 0 unspecified atom stereocenters. The number of aryl methyl sites for hydroxylation is 2. The van der Waals surface area contributed by atoms with Crippen molar-refractivity contribution < 1.29 is 9.18 Å². The van der Waals surface area contributed by atoms with Gasteiger partial charge >= 0.3 is 6.03 Å². The topological polar surface area (TPSA) is 66.0 Å². The fourth-order valence-electron chi connectivity index (χ4n) is 2.88. The maximum Gasteiger partial charge on any atom is 0.319 e. The number of nitrogens with zero attached hydrogens (tertiary/aromatic N) is 1. The quantitative estimate of drug-likeness (QED) is 0.701. The van der Waals surface area contributed by atoms with Crippen molar-refractivity contribution in [1.29, 1.82) is 0 Å². The molecule has 5 nitrogen and oxygen atoms in total. The number of amides is 2. The van der Waals surface area contributed by atoms with Crippen LogP contribution in [0.25, 0.3) is 0 Å². The number of hydrogen-bond acceptors (Lipinski definition) is 3. The lowest BCUT2D eigenvalue weighted by atomic mass is 10.1. The van der Waals surface area contributed by atoms with Gasteiger partial charge in [-0.15, -0.1) is 0 Å². The van der Waals surface area contributed by atoms with Crippen molar-refractivity contribution in [2.75, 3.05) is 23.7 Å². The Hall–Kier alpha value is -2.63. The average Bonchev–Trinajstić information content (AvgIpc) is 2.61. The Bertz CT molecular complexity index is 735. The highest BCUT2D eigenvalue weighted by molar-refractivity contribution is 5.89. The highest BCUT2D eigenvalue weighted by atomic mass is 19.1. The highest BCUT2D eigenvalue weighted by Gasteiger charge is 2.10. The summed E-state index contributed by atoms with van der Waals surface area (Å²) >= 11 is 0. The SMILES string of the molecule is O=C(NCCCCc1ccc2c(n1)NCCC2)Nc1cccc(F)c1. The summed E-state index contributed by atoms with van der Waals surface area (Å²) in [7, 11) is 0. The van der Waals surface area contributed by atoms with Crippen LogP contribution in [0.2, 0.25) is 0 Å². The van der Waals surface area contributed by atoms with Gasteiger partial charge < -0.3 is 16.0 Å². The van der Waals surface area contributed by atoms with E-state index in [0.29, 0.717) is 12.2 Å². The summed E-state index contributed by atoms with van der Waals surface area (Å²) in [5.74, 6) is 0.654. The van der Waals surface area contributed by atoms with Crippen LogP contribution in [0.5, 0.6) is 0 Å². The molecule has 0 saturated heterocycles. The van der Waals surface area contributed by atoms with E-state index in [4.69, 9.17) is 0 Å². The van der Waals surface area contributed by atoms with Gasteiger partial charge in [0.2, 0.25) is 0 Å². The number of benzene rings is 1. The summed E-state index contributed by atoms with van der Waals surface area (Å²) in [4.78, 5) is 16.4. The molecule has 2 heterocycles. The van der Waals surface area contributed by atoms with Crippen molar-refractivity contribution >= 4 is 17.5 Å². The van der Waals surface area contributed by atoms with Crippen molar-refractivity contribution in [1.82, 2.24) is 10.3 Å². The Morgan fingerprint density at radius 3 is 3.04 bits per heavy atom. The van der Waals surface area contributed by atoms with E-state index >= 15 is 0 Å². The van der Waals surface area contributed by atoms with E-state index in [1.165, 1.54) is 17.7 Å². The number of nitrogens with one attached hydrogen (secondary N) is 3. The molecule has 0 atom stereocenters. The second-order valence-electron chi connectivity index (χ2n) is 6.19. The van der Waals surface area contributed by atoms with Crippen LogP contribution >= 0.6 is 0 Å². The molecule has 132 valence electrons. The van der Waals surface area contributed by atoms with Crippen molar-refractivity contribution in [3.8, 4) is 0 Å². The number of pyridine rings is 1. The summed E-state index contributed by atoms with van der Waals surface area (Å²) in [6.07, 6.45) is 4.97. The molecule has 0 radical (unpaired) electrons. The Balaban J connectivity index is 1.35. The molecule has 0 bridgehead atoms. The third-order valence-corrected chi connectivity index (χ3v) is 4.18. The number of hydrogen-bond donors (Lipinski definition) is 3. The summed E-state index contributed by atoms with van der Waals surface area (Å²) < 4.78 is 13.1. The molecule has 0 aliphatic carbocycles. The molecule has 6 heteroatoms. The Morgan fingerprint density at radius 1 is 1.24 bits per heavy atom. The van der Waals surface area contributed by atoms with Crippen molar-refractivity contribution in [3.05, 3.63) is 53.5 Å². The van der Waals surface area contributed by atoms with Crippen LogP contribution < -0.4 is 16.0 Å². The third-order valence-electron chi connectivity index (χ3n) is 4.18. The molecular weight excluding hydrogens is 319 g/mol. The Labute approximate surface area is 147 Å². The van der Waals surface area contributed by atoms with E-state index in [0.717, 1.165) is 50.2 Å². The first-order valence-corrected chi connectivity index (χ1v) is 8.74.